The molecule has 1 aromatic carbocycles. The van der Waals surface area contributed by atoms with Gasteiger partial charge in [0.05, 0.1) is 17.6 Å². The molecule has 1 aliphatic rings. The first kappa shape index (κ1) is 14.4. The van der Waals surface area contributed by atoms with E-state index < -0.39 is 0 Å². The van der Waals surface area contributed by atoms with E-state index in [1.165, 1.54) is 18.9 Å². The van der Waals surface area contributed by atoms with E-state index in [1.807, 2.05) is 24.9 Å². The number of aromatic hydroxyl groups is 1. The molecule has 114 valence electrons. The van der Waals surface area contributed by atoms with Gasteiger partial charge in [0.25, 0.3) is 0 Å². The third-order valence-electron chi connectivity index (χ3n) is 3.67. The van der Waals surface area contributed by atoms with Crippen molar-refractivity contribution in [1.82, 2.24) is 14.5 Å². The number of imidazole rings is 1. The number of allylic oxidation sites excluding steroid dienone is 1. The van der Waals surface area contributed by atoms with E-state index in [0.717, 1.165) is 11.4 Å². The van der Waals surface area contributed by atoms with E-state index in [4.69, 9.17) is 0 Å². The Morgan fingerprint density at radius 2 is 2.18 bits per heavy atom. The van der Waals surface area contributed by atoms with Gasteiger partial charge in [0.15, 0.2) is 5.78 Å². The van der Waals surface area contributed by atoms with Crippen molar-refractivity contribution < 1.29 is 9.90 Å². The molecule has 1 heterocycles. The molecule has 0 radical (unpaired) electrons. The molecule has 0 amide bonds. The van der Waals surface area contributed by atoms with E-state index in [1.54, 1.807) is 35.6 Å². The number of carbonyl (C=O) groups is 1. The summed E-state index contributed by atoms with van der Waals surface area (Å²) in [7, 11) is 3.68. The molecule has 0 bridgehead atoms. The van der Waals surface area contributed by atoms with E-state index >= 15 is 0 Å². The fraction of sp³-hybridized carbons (Fsp3) is 0.294. The quantitative estimate of drug-likeness (QED) is 0.681. The monoisotopic (exact) mass is 297 g/mol. The van der Waals surface area contributed by atoms with Crippen LogP contribution < -0.4 is 0 Å². The van der Waals surface area contributed by atoms with Crippen LogP contribution >= 0.6 is 0 Å². The van der Waals surface area contributed by atoms with E-state index in [0.29, 0.717) is 5.92 Å². The fourth-order valence-corrected chi connectivity index (χ4v) is 2.26. The summed E-state index contributed by atoms with van der Waals surface area (Å²) in [5.74, 6) is 0.345. The first-order chi connectivity index (χ1) is 10.5. The summed E-state index contributed by atoms with van der Waals surface area (Å²) in [6.07, 6.45) is 9.26. The van der Waals surface area contributed by atoms with Gasteiger partial charge < -0.3 is 14.6 Å². The van der Waals surface area contributed by atoms with Crippen molar-refractivity contribution in [1.29, 1.82) is 0 Å². The highest BCUT2D eigenvalue weighted by Gasteiger charge is 2.25. The molecule has 1 N–H and O–H groups in total. The van der Waals surface area contributed by atoms with E-state index in [9.17, 15) is 9.90 Å². The average molecular weight is 297 g/mol. The van der Waals surface area contributed by atoms with Crippen molar-refractivity contribution in [2.75, 3.05) is 14.1 Å². The molecule has 2 aromatic rings. The molecule has 5 nitrogen and oxygen atoms in total. The maximum absolute atomic E-state index is 12.2. The summed E-state index contributed by atoms with van der Waals surface area (Å²) in [5.41, 5.74) is 2.20. The summed E-state index contributed by atoms with van der Waals surface area (Å²) in [6.45, 7) is 0. The topological polar surface area (TPSA) is 58.4 Å². The zero-order chi connectivity index (χ0) is 15.7. The first-order valence-electron chi connectivity index (χ1n) is 7.31. The van der Waals surface area contributed by atoms with Gasteiger partial charge in [-0.1, -0.05) is 0 Å². The molecule has 0 unspecified atom stereocenters. The maximum atomic E-state index is 12.2. The molecule has 3 rings (SSSR count). The number of hydrogen-bond acceptors (Lipinski definition) is 4. The number of phenolic OH excluding ortho intramolecular Hbond substituents is 1. The van der Waals surface area contributed by atoms with Gasteiger partial charge in [-0.15, -0.1) is 0 Å². The minimum absolute atomic E-state index is 0.0142. The highest BCUT2D eigenvalue weighted by molar-refractivity contribution is 6.06. The summed E-state index contributed by atoms with van der Waals surface area (Å²) >= 11 is 0. The number of ketones is 1. The third kappa shape index (κ3) is 3.03. The van der Waals surface area contributed by atoms with Gasteiger partial charge >= 0.3 is 0 Å². The van der Waals surface area contributed by atoms with Crippen molar-refractivity contribution in [3.8, 4) is 11.4 Å². The lowest BCUT2D eigenvalue weighted by molar-refractivity contribution is 0.104. The van der Waals surface area contributed by atoms with Crippen LogP contribution in [0.4, 0.5) is 0 Å². The summed E-state index contributed by atoms with van der Waals surface area (Å²) in [6, 6.07) is 5.01. The van der Waals surface area contributed by atoms with Crippen molar-refractivity contribution >= 4 is 5.78 Å². The predicted molar refractivity (Wildman–Crippen MR) is 84.4 cm³/mol. The smallest absolute Gasteiger partial charge is 0.191 e. The van der Waals surface area contributed by atoms with Crippen LogP contribution in [0, 0.1) is 0 Å². The van der Waals surface area contributed by atoms with E-state index in [2.05, 4.69) is 4.98 Å². The number of rotatable bonds is 5. The zero-order valence-corrected chi connectivity index (χ0v) is 12.7. The number of carbonyl (C=O) groups excluding carboxylic acids is 1. The van der Waals surface area contributed by atoms with Crippen LogP contribution in [0.3, 0.4) is 0 Å². The van der Waals surface area contributed by atoms with Gasteiger partial charge in [0.2, 0.25) is 0 Å². The minimum Gasteiger partial charge on any atom is -0.507 e. The Bertz CT molecular complexity index is 727. The predicted octanol–water partition coefficient (Wildman–Crippen LogP) is 2.71. The summed E-state index contributed by atoms with van der Waals surface area (Å²) in [5, 5.41) is 9.93. The Balaban J connectivity index is 1.89. The Kier molecular flexibility index (Phi) is 3.71. The number of aromatic nitrogens is 2. The average Bonchev–Trinajstić information content (AvgIpc) is 3.23. The number of nitrogens with zero attached hydrogens (tertiary/aromatic N) is 3. The molecule has 1 fully saturated rings. The van der Waals surface area contributed by atoms with Crippen LogP contribution in [-0.2, 0) is 0 Å². The number of phenols is 1. The van der Waals surface area contributed by atoms with Gasteiger partial charge in [-0.05, 0) is 31.0 Å². The normalized spacial score (nSPS) is 14.5. The Morgan fingerprint density at radius 3 is 2.86 bits per heavy atom. The second-order valence-electron chi connectivity index (χ2n) is 5.83. The minimum atomic E-state index is -0.226. The first-order valence-corrected chi connectivity index (χ1v) is 7.31. The van der Waals surface area contributed by atoms with Crippen molar-refractivity contribution in [2.24, 2.45) is 0 Å². The molecular weight excluding hydrogens is 278 g/mol. The Hall–Kier alpha value is -2.56. The second kappa shape index (κ2) is 5.67. The van der Waals surface area contributed by atoms with Crippen LogP contribution in [0.15, 0.2) is 43.0 Å². The third-order valence-corrected chi connectivity index (χ3v) is 3.67. The highest BCUT2D eigenvalue weighted by atomic mass is 16.3. The van der Waals surface area contributed by atoms with Crippen LogP contribution in [0.2, 0.25) is 0 Å². The number of benzene rings is 1. The lowest BCUT2D eigenvalue weighted by Gasteiger charge is -2.07. The second-order valence-corrected chi connectivity index (χ2v) is 5.83. The van der Waals surface area contributed by atoms with Crippen LogP contribution in [0.1, 0.15) is 34.8 Å². The summed E-state index contributed by atoms with van der Waals surface area (Å²) in [4.78, 5) is 18.4. The van der Waals surface area contributed by atoms with Crippen LogP contribution in [-0.4, -0.2) is 39.4 Å². The van der Waals surface area contributed by atoms with Gasteiger partial charge in [0.1, 0.15) is 5.75 Å². The Morgan fingerprint density at radius 1 is 1.41 bits per heavy atom. The number of hydrogen-bond donors (Lipinski definition) is 1. The maximum Gasteiger partial charge on any atom is 0.191 e. The highest BCUT2D eigenvalue weighted by Crippen LogP contribution is 2.39. The van der Waals surface area contributed by atoms with E-state index in [-0.39, 0.29) is 17.1 Å². The standard InChI is InChI=1S/C17H19N3O2/c1-19(2)8-7-17(22)14-9-13(5-6-16(14)21)20-10-15(18-11-20)12-3-4-12/h5-12,21H,3-4H2,1-2H3/b8-7+. The molecular formula is C17H19N3O2. The molecule has 1 aromatic heterocycles. The van der Waals surface area contributed by atoms with Crippen molar-refractivity contribution in [3.05, 3.63) is 54.3 Å². The van der Waals surface area contributed by atoms with Crippen molar-refractivity contribution in [3.63, 3.8) is 0 Å². The molecule has 1 aliphatic carbocycles. The van der Waals surface area contributed by atoms with Gasteiger partial charge in [0, 0.05) is 44.2 Å². The SMILES string of the molecule is CN(C)/C=C/C(=O)c1cc(-n2cnc(C3CC3)c2)ccc1O. The van der Waals surface area contributed by atoms with Gasteiger partial charge in [-0.2, -0.15) is 0 Å². The lowest BCUT2D eigenvalue weighted by Crippen LogP contribution is -2.04. The largest absolute Gasteiger partial charge is 0.507 e. The fourth-order valence-electron chi connectivity index (χ4n) is 2.26. The molecule has 5 heteroatoms. The lowest BCUT2D eigenvalue weighted by atomic mass is 10.1. The molecule has 1 saturated carbocycles. The zero-order valence-electron chi connectivity index (χ0n) is 12.7. The Labute approximate surface area is 129 Å². The molecule has 0 aliphatic heterocycles. The van der Waals surface area contributed by atoms with Crippen LogP contribution in [0.5, 0.6) is 5.75 Å². The molecule has 22 heavy (non-hydrogen) atoms. The molecule has 0 saturated heterocycles. The van der Waals surface area contributed by atoms with Gasteiger partial charge in [-0.25, -0.2) is 4.98 Å². The summed E-state index contributed by atoms with van der Waals surface area (Å²) < 4.78 is 1.89. The molecule has 0 spiro atoms. The van der Waals surface area contributed by atoms with Crippen molar-refractivity contribution in [2.45, 2.75) is 18.8 Å². The molecule has 0 atom stereocenters. The van der Waals surface area contributed by atoms with Crippen LogP contribution in [0.25, 0.3) is 5.69 Å². The van der Waals surface area contributed by atoms with Gasteiger partial charge in [-0.3, -0.25) is 4.79 Å².